The number of alkyl halides is 1. The third kappa shape index (κ3) is 2.54. The molecule has 0 saturated heterocycles. The molecule has 1 aliphatic rings. The van der Waals surface area contributed by atoms with Crippen LogP contribution in [0.1, 0.15) is 19.8 Å². The van der Waals surface area contributed by atoms with Crippen LogP contribution >= 0.6 is 38.5 Å². The van der Waals surface area contributed by atoms with Crippen LogP contribution in [0.4, 0.5) is 0 Å². The molecule has 0 bridgehead atoms. The molecule has 4 nitrogen and oxygen atoms in total. The van der Waals surface area contributed by atoms with Gasteiger partial charge in [0, 0.05) is 0 Å². The zero-order valence-corrected chi connectivity index (χ0v) is 11.9. The van der Waals surface area contributed by atoms with Crippen LogP contribution in [0, 0.1) is 0 Å². The molecular formula is C9H12BrIO4. The number of aliphatic hydroxyl groups excluding tert-OH is 1. The molecule has 0 aromatic carbocycles. The Morgan fingerprint density at radius 3 is 2.67 bits per heavy atom. The Morgan fingerprint density at radius 1 is 1.67 bits per heavy atom. The summed E-state index contributed by atoms with van der Waals surface area (Å²) in [6.07, 6.45) is 0.339. The lowest BCUT2D eigenvalue weighted by Crippen LogP contribution is -2.31. The Bertz CT molecular complexity index is 304. The summed E-state index contributed by atoms with van der Waals surface area (Å²) < 4.78 is 5.29. The van der Waals surface area contributed by atoms with Crippen molar-refractivity contribution in [1.29, 1.82) is 0 Å². The molecule has 2 atom stereocenters. The minimum Gasteiger partial charge on any atom is -0.424 e. The van der Waals surface area contributed by atoms with Crippen molar-refractivity contribution in [3.63, 3.8) is 0 Å². The summed E-state index contributed by atoms with van der Waals surface area (Å²) in [6.45, 7) is 1.91. The summed E-state index contributed by atoms with van der Waals surface area (Å²) in [6, 6.07) is 0. The summed E-state index contributed by atoms with van der Waals surface area (Å²) in [4.78, 5) is 11.4. The molecule has 1 heterocycles. The second-order valence-corrected chi connectivity index (χ2v) is 4.90. The van der Waals surface area contributed by atoms with E-state index in [0.29, 0.717) is 6.42 Å². The van der Waals surface area contributed by atoms with E-state index >= 15 is 0 Å². The zero-order valence-electron chi connectivity index (χ0n) is 8.17. The van der Waals surface area contributed by atoms with Gasteiger partial charge in [0.25, 0.3) is 5.79 Å². The van der Waals surface area contributed by atoms with E-state index < -0.39 is 17.9 Å². The average Bonchev–Trinajstić information content (AvgIpc) is 2.39. The highest BCUT2D eigenvalue weighted by molar-refractivity contribution is 14.1. The normalized spacial score (nSPS) is 28.2. The van der Waals surface area contributed by atoms with E-state index in [4.69, 9.17) is 4.74 Å². The maximum atomic E-state index is 11.4. The quantitative estimate of drug-likeness (QED) is 0.433. The van der Waals surface area contributed by atoms with Gasteiger partial charge < -0.3 is 14.9 Å². The Balaban J connectivity index is 2.99. The highest BCUT2D eigenvalue weighted by atomic mass is 127. The van der Waals surface area contributed by atoms with Crippen LogP contribution in [-0.2, 0) is 9.53 Å². The predicted molar refractivity (Wildman–Crippen MR) is 66.8 cm³/mol. The Kier molecular flexibility index (Phi) is 4.57. The van der Waals surface area contributed by atoms with E-state index in [9.17, 15) is 15.0 Å². The number of aliphatic hydroxyl groups is 2. The number of rotatable bonds is 4. The van der Waals surface area contributed by atoms with Gasteiger partial charge in [-0.25, -0.2) is 4.79 Å². The van der Waals surface area contributed by atoms with Crippen molar-refractivity contribution in [2.24, 2.45) is 0 Å². The molecule has 0 aliphatic carbocycles. The molecule has 0 spiro atoms. The number of esters is 1. The first kappa shape index (κ1) is 13.4. The monoisotopic (exact) mass is 390 g/mol. The highest BCUT2D eigenvalue weighted by Gasteiger charge is 2.46. The maximum Gasteiger partial charge on any atom is 0.340 e. The molecule has 0 radical (unpaired) electrons. The molecular weight excluding hydrogens is 379 g/mol. The minimum atomic E-state index is -1.61. The summed E-state index contributed by atoms with van der Waals surface area (Å²) in [5.74, 6) is -2.26. The zero-order chi connectivity index (χ0) is 11.6. The van der Waals surface area contributed by atoms with Crippen molar-refractivity contribution in [2.45, 2.75) is 31.7 Å². The van der Waals surface area contributed by atoms with Gasteiger partial charge in [0.1, 0.15) is 0 Å². The Morgan fingerprint density at radius 2 is 2.27 bits per heavy atom. The number of hydrogen-bond acceptors (Lipinski definition) is 4. The van der Waals surface area contributed by atoms with Crippen LogP contribution in [-0.4, -0.2) is 32.5 Å². The SMILES string of the molecule is CCC[C@@H](O)C1=C(Br)C(O)(CI)OC1=O. The fraction of sp³-hybridized carbons (Fsp3) is 0.667. The molecule has 15 heavy (non-hydrogen) atoms. The molecule has 0 aromatic rings. The predicted octanol–water partition coefficient (Wildman–Crippen LogP) is 1.48. The summed E-state index contributed by atoms with van der Waals surface area (Å²) in [7, 11) is 0. The van der Waals surface area contributed by atoms with Crippen LogP contribution in [0.3, 0.4) is 0 Å². The number of hydrogen-bond donors (Lipinski definition) is 2. The van der Waals surface area contributed by atoms with Gasteiger partial charge in [0.2, 0.25) is 0 Å². The lowest BCUT2D eigenvalue weighted by Gasteiger charge is -2.18. The summed E-state index contributed by atoms with van der Waals surface area (Å²) >= 11 is 5.03. The maximum absolute atomic E-state index is 11.4. The van der Waals surface area contributed by atoms with E-state index in [1.807, 2.05) is 29.5 Å². The minimum absolute atomic E-state index is 0.135. The summed E-state index contributed by atoms with van der Waals surface area (Å²) in [5.41, 5.74) is 0.135. The fourth-order valence-electron chi connectivity index (χ4n) is 1.34. The molecule has 1 aliphatic heterocycles. The third-order valence-corrected chi connectivity index (χ3v) is 4.22. The second kappa shape index (κ2) is 5.11. The third-order valence-electron chi connectivity index (χ3n) is 2.14. The number of halogens is 2. The van der Waals surface area contributed by atoms with E-state index in [1.165, 1.54) is 0 Å². The molecule has 0 saturated carbocycles. The topological polar surface area (TPSA) is 66.8 Å². The first-order chi connectivity index (χ1) is 6.96. The smallest absolute Gasteiger partial charge is 0.340 e. The number of cyclic esters (lactones) is 1. The van der Waals surface area contributed by atoms with E-state index in [2.05, 4.69) is 15.9 Å². The first-order valence-corrected chi connectivity index (χ1v) is 6.88. The first-order valence-electron chi connectivity index (χ1n) is 4.56. The van der Waals surface area contributed by atoms with Gasteiger partial charge in [-0.3, -0.25) is 0 Å². The van der Waals surface area contributed by atoms with Crippen molar-refractivity contribution in [3.05, 3.63) is 10.1 Å². The number of carbonyl (C=O) groups is 1. The molecule has 0 amide bonds. The van der Waals surface area contributed by atoms with Crippen molar-refractivity contribution in [3.8, 4) is 0 Å². The second-order valence-electron chi connectivity index (χ2n) is 3.34. The lowest BCUT2D eigenvalue weighted by atomic mass is 10.1. The molecule has 1 unspecified atom stereocenters. The molecule has 0 fully saturated rings. The molecule has 1 rings (SSSR count). The fourth-order valence-corrected chi connectivity index (χ4v) is 3.05. The van der Waals surface area contributed by atoms with Gasteiger partial charge in [-0.15, -0.1) is 0 Å². The van der Waals surface area contributed by atoms with Gasteiger partial charge in [0.05, 0.1) is 20.6 Å². The van der Waals surface area contributed by atoms with Crippen molar-refractivity contribution < 1.29 is 19.7 Å². The van der Waals surface area contributed by atoms with E-state index in [1.54, 1.807) is 0 Å². The number of ether oxygens (including phenoxy) is 1. The average molecular weight is 391 g/mol. The lowest BCUT2D eigenvalue weighted by molar-refractivity contribution is -0.171. The number of carbonyl (C=O) groups excluding carboxylic acids is 1. The van der Waals surface area contributed by atoms with Gasteiger partial charge >= 0.3 is 5.97 Å². The molecule has 86 valence electrons. The Labute approximate surface area is 110 Å². The van der Waals surface area contributed by atoms with Crippen molar-refractivity contribution in [1.82, 2.24) is 0 Å². The van der Waals surface area contributed by atoms with Gasteiger partial charge in [-0.05, 0) is 22.4 Å². The van der Waals surface area contributed by atoms with Crippen molar-refractivity contribution >= 4 is 44.5 Å². The molecule has 0 aromatic heterocycles. The van der Waals surface area contributed by atoms with E-state index in [0.717, 1.165) is 6.42 Å². The van der Waals surface area contributed by atoms with Crippen LogP contribution in [0.2, 0.25) is 0 Å². The van der Waals surface area contributed by atoms with E-state index in [-0.39, 0.29) is 14.5 Å². The van der Waals surface area contributed by atoms with Crippen LogP contribution in [0.15, 0.2) is 10.1 Å². The standard InChI is InChI=1S/C9H12BrIO4/c1-2-3-5(12)6-7(10)9(14,4-11)15-8(6)13/h5,12,14H,2-4H2,1H3/t5-,9?/m1/s1. The molecule has 6 heteroatoms. The largest absolute Gasteiger partial charge is 0.424 e. The van der Waals surface area contributed by atoms with Gasteiger partial charge in [-0.2, -0.15) is 0 Å². The van der Waals surface area contributed by atoms with Crippen LogP contribution in [0.5, 0.6) is 0 Å². The molecule has 2 N–H and O–H groups in total. The van der Waals surface area contributed by atoms with Crippen molar-refractivity contribution in [2.75, 3.05) is 4.43 Å². The Hall–Kier alpha value is 0.340. The van der Waals surface area contributed by atoms with Gasteiger partial charge in [-0.1, -0.05) is 35.9 Å². The van der Waals surface area contributed by atoms with Crippen LogP contribution < -0.4 is 0 Å². The summed E-state index contributed by atoms with van der Waals surface area (Å²) in [5, 5.41) is 19.6. The van der Waals surface area contributed by atoms with Crippen LogP contribution in [0.25, 0.3) is 0 Å². The van der Waals surface area contributed by atoms with Gasteiger partial charge in [0.15, 0.2) is 0 Å². The highest BCUT2D eigenvalue weighted by Crippen LogP contribution is 2.38.